The lowest BCUT2D eigenvalue weighted by molar-refractivity contribution is -0.380. The third-order valence-corrected chi connectivity index (χ3v) is 4.77. The lowest BCUT2D eigenvalue weighted by Gasteiger charge is -2.14. The molecule has 12 heteroatoms. The average molecular weight is 391 g/mol. The van der Waals surface area contributed by atoms with Gasteiger partial charge in [-0.1, -0.05) is 23.2 Å². The molecule has 0 fully saturated rings. The number of thiophene rings is 1. The molecular weight excluding hydrogens is 379 g/mol. The fourth-order valence-corrected chi connectivity index (χ4v) is 3.50. The van der Waals surface area contributed by atoms with Crippen molar-refractivity contribution in [3.8, 4) is 0 Å². The summed E-state index contributed by atoms with van der Waals surface area (Å²) in [4.78, 5) is 33.8. The number of amides is 1. The molecule has 0 aliphatic carbocycles. The van der Waals surface area contributed by atoms with Crippen LogP contribution in [-0.4, -0.2) is 25.8 Å². The average Bonchev–Trinajstić information content (AvgIpc) is 2.73. The van der Waals surface area contributed by atoms with Crippen LogP contribution in [0.25, 0.3) is 0 Å². The first-order valence-corrected chi connectivity index (χ1v) is 8.15. The molecule has 0 aromatic carbocycles. The Kier molecular flexibility index (Phi) is 5.52. The van der Waals surface area contributed by atoms with Gasteiger partial charge in [0.1, 0.15) is 10.2 Å². The van der Waals surface area contributed by atoms with E-state index in [4.69, 9.17) is 23.2 Å². The summed E-state index contributed by atoms with van der Waals surface area (Å²) in [7, 11) is 0. The van der Waals surface area contributed by atoms with E-state index in [9.17, 15) is 14.9 Å². The van der Waals surface area contributed by atoms with Gasteiger partial charge in [0, 0.05) is 6.92 Å². The maximum absolute atomic E-state index is 11.2. The highest BCUT2D eigenvalue weighted by Gasteiger charge is 2.29. The molecule has 0 aliphatic rings. The smallest absolute Gasteiger partial charge is 0.332 e. The molecule has 0 spiro atoms. The monoisotopic (exact) mass is 390 g/mol. The van der Waals surface area contributed by atoms with Crippen molar-refractivity contribution in [2.75, 3.05) is 10.6 Å². The molecule has 2 heterocycles. The number of nitro groups is 1. The van der Waals surface area contributed by atoms with Gasteiger partial charge in [-0.3, -0.25) is 20.2 Å². The highest BCUT2D eigenvalue weighted by Crippen LogP contribution is 2.45. The predicted octanol–water partition coefficient (Wildman–Crippen LogP) is 3.59. The normalized spacial score (nSPS) is 11.9. The summed E-state index contributed by atoms with van der Waals surface area (Å²) in [5, 5.41) is 16.5. The number of aromatic nitrogens is 3. The highest BCUT2D eigenvalue weighted by atomic mass is 35.5. The highest BCUT2D eigenvalue weighted by molar-refractivity contribution is 7.20. The minimum absolute atomic E-state index is 0.0775. The molecule has 0 bridgehead atoms. The lowest BCUT2D eigenvalue weighted by atomic mass is 10.1. The molecule has 2 N–H and O–H groups in total. The van der Waals surface area contributed by atoms with Gasteiger partial charge < -0.3 is 5.32 Å². The zero-order valence-corrected chi connectivity index (χ0v) is 15.1. The molecule has 1 atom stereocenters. The molecule has 2 aromatic rings. The number of carbonyl (C=O) groups excluding carboxylic acids is 1. The third kappa shape index (κ3) is 4.08. The summed E-state index contributed by atoms with van der Waals surface area (Å²) in [5.74, 6) is 0.260. The summed E-state index contributed by atoms with van der Waals surface area (Å²) in [5.41, 5.74) is 0.246. The van der Waals surface area contributed by atoms with E-state index in [1.54, 1.807) is 13.8 Å². The Morgan fingerprint density at radius 3 is 2.50 bits per heavy atom. The van der Waals surface area contributed by atoms with E-state index in [1.165, 1.54) is 6.92 Å². The number of hydrogen-bond acceptors (Lipinski definition) is 8. The summed E-state index contributed by atoms with van der Waals surface area (Å²) in [6.07, 6.45) is 0. The van der Waals surface area contributed by atoms with Gasteiger partial charge in [-0.15, -0.1) is 0 Å². The van der Waals surface area contributed by atoms with E-state index in [-0.39, 0.29) is 37.7 Å². The molecule has 0 radical (unpaired) electrons. The fraction of sp³-hybridized carbons (Fsp3) is 0.333. The molecule has 1 amide bonds. The molecule has 0 aliphatic heterocycles. The van der Waals surface area contributed by atoms with Crippen molar-refractivity contribution in [2.45, 2.75) is 26.8 Å². The summed E-state index contributed by atoms with van der Waals surface area (Å²) in [6, 6.07) is -0.589. The lowest BCUT2D eigenvalue weighted by Crippen LogP contribution is -2.15. The summed E-state index contributed by atoms with van der Waals surface area (Å²) >= 11 is 12.8. The number of halogens is 2. The number of carbonyl (C=O) groups is 1. The third-order valence-electron chi connectivity index (χ3n) is 2.81. The van der Waals surface area contributed by atoms with Crippen LogP contribution in [0.3, 0.4) is 0 Å². The van der Waals surface area contributed by atoms with Gasteiger partial charge in [0.25, 0.3) is 0 Å². The van der Waals surface area contributed by atoms with Gasteiger partial charge in [-0.05, 0) is 25.2 Å². The van der Waals surface area contributed by atoms with E-state index in [0.717, 1.165) is 11.3 Å². The van der Waals surface area contributed by atoms with Crippen LogP contribution < -0.4 is 10.6 Å². The topological polar surface area (TPSA) is 123 Å². The Morgan fingerprint density at radius 1 is 1.29 bits per heavy atom. The molecule has 2 rings (SSSR count). The first-order valence-electron chi connectivity index (χ1n) is 6.58. The van der Waals surface area contributed by atoms with Crippen molar-refractivity contribution in [3.05, 3.63) is 30.9 Å². The van der Waals surface area contributed by atoms with Crippen LogP contribution in [0.2, 0.25) is 9.36 Å². The molecular formula is C12H12Cl2N6O3S. The van der Waals surface area contributed by atoms with Crippen LogP contribution in [0, 0.1) is 17.0 Å². The maximum atomic E-state index is 11.2. The zero-order valence-electron chi connectivity index (χ0n) is 12.8. The summed E-state index contributed by atoms with van der Waals surface area (Å²) < 4.78 is 0.137. The molecule has 0 saturated carbocycles. The SMILES string of the molecule is CC(=O)Nc1nc(C)nc(NC(C)c2c([N+](=O)[O-])sc(Cl)c2Cl)n1. The number of anilines is 2. The second-order valence-corrected chi connectivity index (χ2v) is 6.72. The van der Waals surface area contributed by atoms with Crippen molar-refractivity contribution < 1.29 is 9.72 Å². The van der Waals surface area contributed by atoms with Crippen LogP contribution in [0.15, 0.2) is 0 Å². The van der Waals surface area contributed by atoms with Gasteiger partial charge in [-0.25, -0.2) is 0 Å². The largest absolute Gasteiger partial charge is 0.347 e. The number of nitrogens with one attached hydrogen (secondary N) is 2. The predicted molar refractivity (Wildman–Crippen MR) is 91.9 cm³/mol. The van der Waals surface area contributed by atoms with Crippen LogP contribution in [0.4, 0.5) is 16.9 Å². The minimum atomic E-state index is -0.589. The van der Waals surface area contributed by atoms with E-state index < -0.39 is 11.0 Å². The Bertz CT molecular complexity index is 812. The Balaban J connectivity index is 2.33. The van der Waals surface area contributed by atoms with Crippen LogP contribution in [0.5, 0.6) is 0 Å². The molecule has 9 nitrogen and oxygen atoms in total. The quantitative estimate of drug-likeness (QED) is 0.590. The Morgan fingerprint density at radius 2 is 1.92 bits per heavy atom. The zero-order chi connectivity index (χ0) is 18.0. The number of nitrogens with zero attached hydrogens (tertiary/aromatic N) is 4. The minimum Gasteiger partial charge on any atom is -0.347 e. The van der Waals surface area contributed by atoms with Gasteiger partial charge >= 0.3 is 5.00 Å². The van der Waals surface area contributed by atoms with Gasteiger partial charge in [-0.2, -0.15) is 15.0 Å². The molecule has 0 saturated heterocycles. The van der Waals surface area contributed by atoms with E-state index in [0.29, 0.717) is 5.82 Å². The number of hydrogen-bond donors (Lipinski definition) is 2. The number of aryl methyl sites for hydroxylation is 1. The van der Waals surface area contributed by atoms with E-state index >= 15 is 0 Å². The van der Waals surface area contributed by atoms with Gasteiger partial charge in [0.15, 0.2) is 0 Å². The Labute approximate surface area is 150 Å². The van der Waals surface area contributed by atoms with Gasteiger partial charge in [0.2, 0.25) is 17.8 Å². The van der Waals surface area contributed by atoms with E-state index in [1.807, 2.05) is 0 Å². The Hall–Kier alpha value is -2.04. The molecule has 24 heavy (non-hydrogen) atoms. The van der Waals surface area contributed by atoms with Gasteiger partial charge in [0.05, 0.1) is 21.6 Å². The second kappa shape index (κ2) is 7.24. The standard InChI is InChI=1S/C12H12Cl2N6O3S/c1-4(7-8(13)9(14)24-10(7)20(22)23)15-11-16-5(2)17-12(19-11)18-6(3)21/h4H,1-3H3,(H2,15,16,17,18,19,21). The molecule has 2 aromatic heterocycles. The first-order chi connectivity index (χ1) is 11.2. The van der Waals surface area contributed by atoms with Crippen LogP contribution in [-0.2, 0) is 4.79 Å². The molecule has 128 valence electrons. The fourth-order valence-electron chi connectivity index (χ4n) is 1.92. The van der Waals surface area contributed by atoms with Crippen molar-refractivity contribution >= 4 is 57.3 Å². The van der Waals surface area contributed by atoms with E-state index in [2.05, 4.69) is 25.6 Å². The molecule has 1 unspecified atom stereocenters. The van der Waals surface area contributed by atoms with Crippen molar-refractivity contribution in [1.29, 1.82) is 0 Å². The van der Waals surface area contributed by atoms with Crippen molar-refractivity contribution in [3.63, 3.8) is 0 Å². The van der Waals surface area contributed by atoms with Crippen molar-refractivity contribution in [1.82, 2.24) is 15.0 Å². The first kappa shape index (κ1) is 18.3. The van der Waals surface area contributed by atoms with Crippen LogP contribution in [0.1, 0.15) is 31.3 Å². The van der Waals surface area contributed by atoms with Crippen molar-refractivity contribution in [2.24, 2.45) is 0 Å². The second-order valence-electron chi connectivity index (χ2n) is 4.74. The summed E-state index contributed by atoms with van der Waals surface area (Å²) in [6.45, 7) is 4.61. The maximum Gasteiger partial charge on any atom is 0.332 e. The number of rotatable bonds is 5. The van der Waals surface area contributed by atoms with Crippen LogP contribution >= 0.6 is 34.5 Å².